The molecular formula is C22H27N3O5S. The third-order valence-electron chi connectivity index (χ3n) is 5.20. The Balaban J connectivity index is 1.71. The van der Waals surface area contributed by atoms with Gasteiger partial charge in [-0.15, -0.1) is 0 Å². The van der Waals surface area contributed by atoms with Crippen LogP contribution < -0.4 is 10.1 Å². The molecule has 1 fully saturated rings. The second-order valence-corrected chi connectivity index (χ2v) is 9.78. The van der Waals surface area contributed by atoms with E-state index in [4.69, 9.17) is 4.74 Å². The maximum Gasteiger partial charge on any atom is 0.244 e. The molecule has 1 N–H and O–H groups in total. The number of ether oxygens (including phenoxy) is 1. The predicted molar refractivity (Wildman–Crippen MR) is 119 cm³/mol. The van der Waals surface area contributed by atoms with Gasteiger partial charge in [0.05, 0.1) is 25.2 Å². The van der Waals surface area contributed by atoms with Crippen LogP contribution in [0.3, 0.4) is 0 Å². The smallest absolute Gasteiger partial charge is 0.244 e. The second kappa shape index (κ2) is 9.93. The van der Waals surface area contributed by atoms with Crippen LogP contribution in [0.2, 0.25) is 0 Å². The molecule has 2 aromatic rings. The zero-order valence-corrected chi connectivity index (χ0v) is 18.5. The van der Waals surface area contributed by atoms with Crippen LogP contribution in [0, 0.1) is 0 Å². The van der Waals surface area contributed by atoms with Crippen molar-refractivity contribution in [1.29, 1.82) is 0 Å². The summed E-state index contributed by atoms with van der Waals surface area (Å²) >= 11 is 0. The molecule has 1 aliphatic rings. The van der Waals surface area contributed by atoms with E-state index in [1.807, 2.05) is 35.2 Å². The minimum Gasteiger partial charge on any atom is -0.497 e. The molecule has 2 aromatic carbocycles. The summed E-state index contributed by atoms with van der Waals surface area (Å²) < 4.78 is 28.8. The molecule has 0 aromatic heterocycles. The third-order valence-corrected chi connectivity index (χ3v) is 6.81. The standard InChI is InChI=1S/C22H27N3O5S/c1-24(16-20(26)23-18-9-6-10-19(15-18)30-2)22(27)21(17-7-4-3-5-8-17)25-11-13-31(28,29)14-12-25/h3-10,15,21H,11-14,16H2,1-2H3,(H,23,26). The Morgan fingerprint density at radius 3 is 2.42 bits per heavy atom. The molecule has 0 bridgehead atoms. The Morgan fingerprint density at radius 2 is 1.77 bits per heavy atom. The normalized spacial score (nSPS) is 16.8. The Kier molecular flexibility index (Phi) is 7.29. The minimum atomic E-state index is -3.08. The first-order chi connectivity index (χ1) is 14.8. The van der Waals surface area contributed by atoms with Gasteiger partial charge in [-0.05, 0) is 17.7 Å². The van der Waals surface area contributed by atoms with Crippen LogP contribution in [0.25, 0.3) is 0 Å². The fraction of sp³-hybridized carbons (Fsp3) is 0.364. The van der Waals surface area contributed by atoms with Gasteiger partial charge < -0.3 is 15.0 Å². The number of nitrogens with zero attached hydrogens (tertiary/aromatic N) is 2. The number of hydrogen-bond donors (Lipinski definition) is 1. The van der Waals surface area contributed by atoms with Crippen LogP contribution in [-0.4, -0.2) is 75.3 Å². The molecule has 31 heavy (non-hydrogen) atoms. The molecular weight excluding hydrogens is 418 g/mol. The van der Waals surface area contributed by atoms with E-state index in [0.717, 1.165) is 5.56 Å². The Bertz CT molecular complexity index is 1010. The summed E-state index contributed by atoms with van der Waals surface area (Å²) in [5, 5.41) is 2.77. The molecule has 0 radical (unpaired) electrons. The van der Waals surface area contributed by atoms with Crippen LogP contribution in [0.4, 0.5) is 5.69 Å². The number of sulfone groups is 1. The van der Waals surface area contributed by atoms with Crippen LogP contribution in [0.15, 0.2) is 54.6 Å². The largest absolute Gasteiger partial charge is 0.497 e. The molecule has 0 saturated carbocycles. The lowest BCUT2D eigenvalue weighted by Gasteiger charge is -2.35. The van der Waals surface area contributed by atoms with Crippen LogP contribution in [-0.2, 0) is 19.4 Å². The van der Waals surface area contributed by atoms with Crippen molar-refractivity contribution in [1.82, 2.24) is 9.80 Å². The van der Waals surface area contributed by atoms with Gasteiger partial charge in [-0.1, -0.05) is 36.4 Å². The van der Waals surface area contributed by atoms with Crippen molar-refractivity contribution in [2.24, 2.45) is 0 Å². The van der Waals surface area contributed by atoms with Gasteiger partial charge in [-0.2, -0.15) is 0 Å². The first kappa shape index (κ1) is 22.8. The summed E-state index contributed by atoms with van der Waals surface area (Å²) in [5.74, 6) is 0.0580. The second-order valence-electron chi connectivity index (χ2n) is 7.48. The molecule has 166 valence electrons. The van der Waals surface area contributed by atoms with Crippen LogP contribution in [0.1, 0.15) is 11.6 Å². The minimum absolute atomic E-state index is 0.0175. The molecule has 3 rings (SSSR count). The van der Waals surface area contributed by atoms with E-state index < -0.39 is 15.9 Å². The molecule has 1 aliphatic heterocycles. The molecule has 0 spiro atoms. The number of amides is 2. The summed E-state index contributed by atoms with van der Waals surface area (Å²) in [6.45, 7) is 0.417. The number of likely N-dealkylation sites (N-methyl/N-ethyl adjacent to an activating group) is 1. The molecule has 1 atom stereocenters. The van der Waals surface area contributed by atoms with E-state index in [0.29, 0.717) is 11.4 Å². The number of carbonyl (C=O) groups excluding carboxylic acids is 2. The number of rotatable bonds is 7. The van der Waals surface area contributed by atoms with E-state index in [1.165, 1.54) is 4.90 Å². The lowest BCUT2D eigenvalue weighted by atomic mass is 10.0. The Labute approximate surface area is 182 Å². The van der Waals surface area contributed by atoms with E-state index in [2.05, 4.69) is 5.32 Å². The monoisotopic (exact) mass is 445 g/mol. The summed E-state index contributed by atoms with van der Waals surface area (Å²) in [5.41, 5.74) is 1.35. The number of benzene rings is 2. The summed E-state index contributed by atoms with van der Waals surface area (Å²) in [6.07, 6.45) is 0. The third kappa shape index (κ3) is 6.05. The molecule has 1 unspecified atom stereocenters. The Morgan fingerprint density at radius 1 is 1.10 bits per heavy atom. The van der Waals surface area contributed by atoms with E-state index in [9.17, 15) is 18.0 Å². The zero-order valence-electron chi connectivity index (χ0n) is 17.7. The molecule has 9 heteroatoms. The van der Waals surface area contributed by atoms with Crippen molar-refractivity contribution in [3.05, 3.63) is 60.2 Å². The van der Waals surface area contributed by atoms with Crippen molar-refractivity contribution in [3.8, 4) is 5.75 Å². The van der Waals surface area contributed by atoms with Crippen molar-refractivity contribution >= 4 is 27.3 Å². The number of nitrogens with one attached hydrogen (secondary N) is 1. The number of anilines is 1. The van der Waals surface area contributed by atoms with E-state index in [1.54, 1.807) is 38.4 Å². The first-order valence-electron chi connectivity index (χ1n) is 9.97. The van der Waals surface area contributed by atoms with Gasteiger partial charge in [0.25, 0.3) is 0 Å². The highest BCUT2D eigenvalue weighted by Gasteiger charge is 2.34. The van der Waals surface area contributed by atoms with Gasteiger partial charge in [-0.3, -0.25) is 14.5 Å². The van der Waals surface area contributed by atoms with Gasteiger partial charge >= 0.3 is 0 Å². The van der Waals surface area contributed by atoms with Gasteiger partial charge in [0, 0.05) is 31.9 Å². The average molecular weight is 446 g/mol. The number of hydrogen-bond acceptors (Lipinski definition) is 6. The van der Waals surface area contributed by atoms with E-state index in [-0.39, 0.29) is 43.0 Å². The fourth-order valence-electron chi connectivity index (χ4n) is 3.53. The zero-order chi connectivity index (χ0) is 22.4. The van der Waals surface area contributed by atoms with E-state index >= 15 is 0 Å². The Hall–Kier alpha value is -2.91. The average Bonchev–Trinajstić information content (AvgIpc) is 2.75. The van der Waals surface area contributed by atoms with Gasteiger partial charge in [0.2, 0.25) is 11.8 Å². The number of carbonyl (C=O) groups is 2. The van der Waals surface area contributed by atoms with Crippen molar-refractivity contribution in [2.45, 2.75) is 6.04 Å². The highest BCUT2D eigenvalue weighted by Crippen LogP contribution is 2.25. The molecule has 0 aliphatic carbocycles. The quantitative estimate of drug-likeness (QED) is 0.695. The maximum atomic E-state index is 13.3. The van der Waals surface area contributed by atoms with Gasteiger partial charge in [-0.25, -0.2) is 8.42 Å². The van der Waals surface area contributed by atoms with Crippen LogP contribution in [0.5, 0.6) is 5.75 Å². The van der Waals surface area contributed by atoms with Gasteiger partial charge in [0.1, 0.15) is 11.8 Å². The topological polar surface area (TPSA) is 96.0 Å². The number of methoxy groups -OCH3 is 1. The van der Waals surface area contributed by atoms with Gasteiger partial charge in [0.15, 0.2) is 9.84 Å². The maximum absolute atomic E-state index is 13.3. The van der Waals surface area contributed by atoms with Crippen molar-refractivity contribution < 1.29 is 22.7 Å². The molecule has 1 heterocycles. The summed E-state index contributed by atoms with van der Waals surface area (Å²) in [7, 11) is 0.0405. The lowest BCUT2D eigenvalue weighted by molar-refractivity contribution is -0.138. The lowest BCUT2D eigenvalue weighted by Crippen LogP contribution is -2.49. The van der Waals surface area contributed by atoms with Crippen molar-refractivity contribution in [3.63, 3.8) is 0 Å². The highest BCUT2D eigenvalue weighted by atomic mass is 32.2. The SMILES string of the molecule is COc1cccc(NC(=O)CN(C)C(=O)C(c2ccccc2)N2CCS(=O)(=O)CC2)c1. The molecule has 8 nitrogen and oxygen atoms in total. The fourth-order valence-corrected chi connectivity index (χ4v) is 4.76. The molecule has 1 saturated heterocycles. The summed E-state index contributed by atoms with van der Waals surface area (Å²) in [6, 6.07) is 15.5. The predicted octanol–water partition coefficient (Wildman–Crippen LogP) is 1.56. The first-order valence-corrected chi connectivity index (χ1v) is 11.8. The molecule has 2 amide bonds. The van der Waals surface area contributed by atoms with Crippen molar-refractivity contribution in [2.75, 3.05) is 50.6 Å². The van der Waals surface area contributed by atoms with Crippen LogP contribution >= 0.6 is 0 Å². The highest BCUT2D eigenvalue weighted by molar-refractivity contribution is 7.91. The summed E-state index contributed by atoms with van der Waals surface area (Å²) in [4.78, 5) is 29.1.